The molecule has 1 aliphatic heterocycles. The van der Waals surface area contributed by atoms with Crippen LogP contribution in [-0.2, 0) is 9.53 Å². The molecule has 1 fully saturated rings. The lowest BCUT2D eigenvalue weighted by Crippen LogP contribution is -2.25. The van der Waals surface area contributed by atoms with Gasteiger partial charge in [-0.1, -0.05) is 51.9 Å². The predicted molar refractivity (Wildman–Crippen MR) is 66.5 cm³/mol. The minimum absolute atomic E-state index is 0.340. The second-order valence-corrected chi connectivity index (χ2v) is 4.90. The van der Waals surface area contributed by atoms with E-state index >= 15 is 0 Å². The molecule has 3 N–H and O–H groups in total. The zero-order valence-electron chi connectivity index (χ0n) is 10.7. The van der Waals surface area contributed by atoms with Gasteiger partial charge in [0.25, 0.3) is 0 Å². The van der Waals surface area contributed by atoms with E-state index in [0.717, 1.165) is 12.8 Å². The van der Waals surface area contributed by atoms with E-state index in [2.05, 4.69) is 6.92 Å². The summed E-state index contributed by atoms with van der Waals surface area (Å²) in [7, 11) is 0. The van der Waals surface area contributed by atoms with E-state index < -0.39 is 18.1 Å². The summed E-state index contributed by atoms with van der Waals surface area (Å²) in [4.78, 5) is 10.7. The third-order valence-corrected chi connectivity index (χ3v) is 3.29. The van der Waals surface area contributed by atoms with Crippen LogP contribution in [0.15, 0.2) is 0 Å². The van der Waals surface area contributed by atoms with Crippen LogP contribution in [0.4, 0.5) is 0 Å². The molecule has 0 bridgehead atoms. The number of hydrogen-bond donors (Lipinski definition) is 2. The van der Waals surface area contributed by atoms with Gasteiger partial charge in [-0.15, -0.1) is 0 Å². The summed E-state index contributed by atoms with van der Waals surface area (Å²) in [5.74, 6) is -0.464. The topological polar surface area (TPSA) is 75.8 Å². The molecule has 4 heteroatoms. The molecule has 0 unspecified atom stereocenters. The van der Waals surface area contributed by atoms with Crippen molar-refractivity contribution in [3.05, 3.63) is 0 Å². The van der Waals surface area contributed by atoms with Crippen LogP contribution in [0.1, 0.15) is 58.3 Å². The highest BCUT2D eigenvalue weighted by molar-refractivity contribution is 5.81. The molecule has 0 aromatic rings. The van der Waals surface area contributed by atoms with Gasteiger partial charge in [0.1, 0.15) is 6.10 Å². The molecule has 0 spiro atoms. The number of primary amides is 1. The Labute approximate surface area is 104 Å². The van der Waals surface area contributed by atoms with Crippen molar-refractivity contribution in [2.24, 2.45) is 5.73 Å². The minimum atomic E-state index is -0.547. The van der Waals surface area contributed by atoms with E-state index in [-0.39, 0.29) is 6.10 Å². The van der Waals surface area contributed by atoms with Gasteiger partial charge in [-0.3, -0.25) is 4.79 Å². The van der Waals surface area contributed by atoms with Gasteiger partial charge in [-0.05, 0) is 6.42 Å². The van der Waals surface area contributed by atoms with Crippen LogP contribution in [0.25, 0.3) is 0 Å². The highest BCUT2D eigenvalue weighted by Gasteiger charge is 2.48. The number of hydrogen-bond acceptors (Lipinski definition) is 3. The van der Waals surface area contributed by atoms with E-state index in [1.54, 1.807) is 0 Å². The van der Waals surface area contributed by atoms with Gasteiger partial charge >= 0.3 is 0 Å². The maximum atomic E-state index is 10.7. The predicted octanol–water partition coefficient (Wildman–Crippen LogP) is 1.74. The molecule has 0 radical (unpaired) electrons. The monoisotopic (exact) mass is 243 g/mol. The summed E-state index contributed by atoms with van der Waals surface area (Å²) in [6, 6.07) is 0. The standard InChI is InChI=1S/C13H25NO3/c1-2-3-4-5-6-7-8-9-10(15)11-12(17-11)13(14)16/h10-12,15H,2-9H2,1H3,(H2,14,16)/t10-,11+,12+/m0/s1. The normalized spacial score (nSPS) is 24.6. The number of unbranched alkanes of at least 4 members (excludes halogenated alkanes) is 6. The molecule has 17 heavy (non-hydrogen) atoms. The molecule has 1 heterocycles. The summed E-state index contributed by atoms with van der Waals surface area (Å²) in [6.07, 6.45) is 7.87. The van der Waals surface area contributed by atoms with Crippen LogP contribution in [0.2, 0.25) is 0 Å². The molecule has 1 saturated heterocycles. The largest absolute Gasteiger partial charge is 0.390 e. The van der Waals surface area contributed by atoms with Crippen LogP contribution in [0, 0.1) is 0 Å². The number of carbonyl (C=O) groups excluding carboxylic acids is 1. The zero-order chi connectivity index (χ0) is 12.7. The first-order valence-corrected chi connectivity index (χ1v) is 6.79. The number of carbonyl (C=O) groups is 1. The lowest BCUT2D eigenvalue weighted by atomic mass is 10.0. The molecule has 0 saturated carbocycles. The lowest BCUT2D eigenvalue weighted by molar-refractivity contribution is -0.119. The maximum absolute atomic E-state index is 10.7. The van der Waals surface area contributed by atoms with Gasteiger partial charge in [0.2, 0.25) is 5.91 Å². The van der Waals surface area contributed by atoms with E-state index in [0.29, 0.717) is 6.42 Å². The van der Waals surface area contributed by atoms with Gasteiger partial charge in [0.15, 0.2) is 6.10 Å². The Morgan fingerprint density at radius 2 is 1.82 bits per heavy atom. The zero-order valence-corrected chi connectivity index (χ0v) is 10.7. The molecule has 1 aliphatic rings. The van der Waals surface area contributed by atoms with Crippen molar-refractivity contribution in [2.45, 2.75) is 76.6 Å². The fourth-order valence-corrected chi connectivity index (χ4v) is 2.12. The van der Waals surface area contributed by atoms with Crippen molar-refractivity contribution in [2.75, 3.05) is 0 Å². The Morgan fingerprint density at radius 3 is 2.35 bits per heavy atom. The second kappa shape index (κ2) is 7.67. The maximum Gasteiger partial charge on any atom is 0.249 e. The van der Waals surface area contributed by atoms with Crippen LogP contribution in [0.5, 0.6) is 0 Å². The van der Waals surface area contributed by atoms with Crippen molar-refractivity contribution >= 4 is 5.91 Å². The van der Waals surface area contributed by atoms with Crippen molar-refractivity contribution in [1.29, 1.82) is 0 Å². The van der Waals surface area contributed by atoms with Gasteiger partial charge in [-0.2, -0.15) is 0 Å². The molecule has 0 aromatic heterocycles. The van der Waals surface area contributed by atoms with E-state index in [1.807, 2.05) is 0 Å². The van der Waals surface area contributed by atoms with Gasteiger partial charge in [-0.25, -0.2) is 0 Å². The van der Waals surface area contributed by atoms with Gasteiger partial charge in [0.05, 0.1) is 6.10 Å². The molecule has 0 aliphatic carbocycles. The van der Waals surface area contributed by atoms with Crippen LogP contribution in [0.3, 0.4) is 0 Å². The summed E-state index contributed by atoms with van der Waals surface area (Å²) < 4.78 is 5.03. The summed E-state index contributed by atoms with van der Waals surface area (Å²) in [5, 5.41) is 9.72. The number of aliphatic hydroxyl groups is 1. The Hall–Kier alpha value is -0.610. The second-order valence-electron chi connectivity index (χ2n) is 4.90. The van der Waals surface area contributed by atoms with E-state index in [4.69, 9.17) is 10.5 Å². The number of rotatable bonds is 10. The lowest BCUT2D eigenvalue weighted by Gasteiger charge is -2.06. The molecule has 1 amide bonds. The van der Waals surface area contributed by atoms with Crippen LogP contribution in [-0.4, -0.2) is 29.3 Å². The fraction of sp³-hybridized carbons (Fsp3) is 0.923. The van der Waals surface area contributed by atoms with E-state index in [9.17, 15) is 9.90 Å². The quantitative estimate of drug-likeness (QED) is 0.453. The molecular formula is C13H25NO3. The Balaban J connectivity index is 1.91. The summed E-state index contributed by atoms with van der Waals surface area (Å²) in [5.41, 5.74) is 5.07. The van der Waals surface area contributed by atoms with Gasteiger partial charge in [0, 0.05) is 0 Å². The molecule has 0 aromatic carbocycles. The number of nitrogens with two attached hydrogens (primary N) is 1. The average molecular weight is 243 g/mol. The number of aliphatic hydroxyl groups excluding tert-OH is 1. The molecule has 3 atom stereocenters. The summed E-state index contributed by atoms with van der Waals surface area (Å²) >= 11 is 0. The third kappa shape index (κ3) is 5.50. The Kier molecular flexibility index (Phi) is 6.52. The molecule has 100 valence electrons. The number of epoxide rings is 1. The van der Waals surface area contributed by atoms with Crippen LogP contribution >= 0.6 is 0 Å². The SMILES string of the molecule is CCCCCCCCC[C@H](O)[C@H]1O[C@H]1C(N)=O. The third-order valence-electron chi connectivity index (χ3n) is 3.29. The average Bonchev–Trinajstić information content (AvgIpc) is 3.07. The molecule has 4 nitrogen and oxygen atoms in total. The highest BCUT2D eigenvalue weighted by Crippen LogP contribution is 2.27. The number of ether oxygens (including phenoxy) is 1. The molecular weight excluding hydrogens is 218 g/mol. The van der Waals surface area contributed by atoms with Crippen molar-refractivity contribution in [1.82, 2.24) is 0 Å². The first kappa shape index (κ1) is 14.5. The Bertz CT molecular complexity index is 233. The number of amides is 1. The van der Waals surface area contributed by atoms with Crippen molar-refractivity contribution in [3.8, 4) is 0 Å². The van der Waals surface area contributed by atoms with E-state index in [1.165, 1.54) is 32.1 Å². The minimum Gasteiger partial charge on any atom is -0.390 e. The fourth-order valence-electron chi connectivity index (χ4n) is 2.12. The molecule has 1 rings (SSSR count). The van der Waals surface area contributed by atoms with Crippen LogP contribution < -0.4 is 5.73 Å². The Morgan fingerprint density at radius 1 is 1.24 bits per heavy atom. The van der Waals surface area contributed by atoms with Crippen molar-refractivity contribution < 1.29 is 14.6 Å². The highest BCUT2D eigenvalue weighted by atomic mass is 16.6. The first-order valence-electron chi connectivity index (χ1n) is 6.79. The summed E-state index contributed by atoms with van der Waals surface area (Å²) in [6.45, 7) is 2.21. The van der Waals surface area contributed by atoms with Gasteiger partial charge < -0.3 is 15.6 Å². The van der Waals surface area contributed by atoms with Crippen molar-refractivity contribution in [3.63, 3.8) is 0 Å². The smallest absolute Gasteiger partial charge is 0.249 e. The first-order chi connectivity index (χ1) is 8.16.